The fraction of sp³-hybridized carbons (Fsp3) is 0.545. The molecule has 0 heterocycles. The number of aliphatic hydroxyl groups excluding tert-OH is 2. The molecule has 0 aliphatic heterocycles. The molecule has 1 aliphatic carbocycles. The predicted molar refractivity (Wildman–Crippen MR) is 153 cm³/mol. The molecule has 0 radical (unpaired) electrons. The van der Waals surface area contributed by atoms with Crippen molar-refractivity contribution in [3.63, 3.8) is 0 Å². The standard InChI is InChI=1S/C33H44O6/c1-19(2)22-7-9-23(10-8-22)25-17-28(33(4,5)6)32(39)31-26(25)15-21(16-30(31)38)14-24(11-12-34)27(18-35)29(37)13-20(3)36/h7-10,17,19,21,24,27,34-35,39H,11-16,18H2,1-6H3. The number of ketones is 3. The van der Waals surface area contributed by atoms with E-state index in [9.17, 15) is 29.7 Å². The van der Waals surface area contributed by atoms with Crippen LogP contribution in [0.2, 0.25) is 0 Å². The van der Waals surface area contributed by atoms with E-state index in [2.05, 4.69) is 38.1 Å². The van der Waals surface area contributed by atoms with Gasteiger partial charge < -0.3 is 15.3 Å². The van der Waals surface area contributed by atoms with Crippen LogP contribution in [0.1, 0.15) is 100 Å². The molecule has 3 rings (SSSR count). The molecule has 3 N–H and O–H groups in total. The number of rotatable bonds is 11. The lowest BCUT2D eigenvalue weighted by atomic mass is 9.71. The second-order valence-electron chi connectivity index (χ2n) is 12.5. The predicted octanol–water partition coefficient (Wildman–Crippen LogP) is 5.77. The highest BCUT2D eigenvalue weighted by atomic mass is 16.3. The van der Waals surface area contributed by atoms with Crippen molar-refractivity contribution in [1.82, 2.24) is 0 Å². The molecule has 0 saturated carbocycles. The minimum absolute atomic E-state index is 0.0419. The lowest BCUT2D eigenvalue weighted by Crippen LogP contribution is -2.32. The highest BCUT2D eigenvalue weighted by Gasteiger charge is 2.37. The molecule has 0 saturated heterocycles. The first-order chi connectivity index (χ1) is 18.3. The van der Waals surface area contributed by atoms with Crippen molar-refractivity contribution < 1.29 is 29.7 Å². The van der Waals surface area contributed by atoms with Gasteiger partial charge in [0, 0.05) is 24.5 Å². The van der Waals surface area contributed by atoms with Crippen LogP contribution in [0.15, 0.2) is 30.3 Å². The van der Waals surface area contributed by atoms with Gasteiger partial charge in [-0.3, -0.25) is 14.4 Å². The van der Waals surface area contributed by atoms with Crippen LogP contribution in [0.5, 0.6) is 5.75 Å². The molecule has 0 bridgehead atoms. The molecule has 212 valence electrons. The Morgan fingerprint density at radius 2 is 1.69 bits per heavy atom. The van der Waals surface area contributed by atoms with E-state index in [1.807, 2.05) is 26.8 Å². The van der Waals surface area contributed by atoms with Gasteiger partial charge in [0.05, 0.1) is 18.6 Å². The Balaban J connectivity index is 2.06. The summed E-state index contributed by atoms with van der Waals surface area (Å²) in [7, 11) is 0. The Bertz CT molecular complexity index is 1200. The number of aliphatic hydroxyl groups is 2. The Morgan fingerprint density at radius 1 is 1.05 bits per heavy atom. The van der Waals surface area contributed by atoms with E-state index in [-0.39, 0.29) is 59.8 Å². The summed E-state index contributed by atoms with van der Waals surface area (Å²) in [6.07, 6.45) is 1.24. The van der Waals surface area contributed by atoms with E-state index in [4.69, 9.17) is 0 Å². The van der Waals surface area contributed by atoms with Crippen molar-refractivity contribution in [1.29, 1.82) is 0 Å². The third-order valence-electron chi connectivity index (χ3n) is 8.09. The minimum atomic E-state index is -0.766. The van der Waals surface area contributed by atoms with Crippen molar-refractivity contribution in [3.8, 4) is 16.9 Å². The van der Waals surface area contributed by atoms with E-state index < -0.39 is 12.5 Å². The maximum Gasteiger partial charge on any atom is 0.167 e. The topological polar surface area (TPSA) is 112 Å². The summed E-state index contributed by atoms with van der Waals surface area (Å²) in [4.78, 5) is 37.9. The van der Waals surface area contributed by atoms with E-state index in [0.717, 1.165) is 22.3 Å². The average molecular weight is 537 g/mol. The van der Waals surface area contributed by atoms with Gasteiger partial charge in [-0.25, -0.2) is 0 Å². The number of benzene rings is 2. The number of phenols is 1. The van der Waals surface area contributed by atoms with Gasteiger partial charge in [-0.15, -0.1) is 0 Å². The smallest absolute Gasteiger partial charge is 0.167 e. The van der Waals surface area contributed by atoms with Crippen LogP contribution in [0.25, 0.3) is 11.1 Å². The van der Waals surface area contributed by atoms with Crippen LogP contribution in [0.3, 0.4) is 0 Å². The number of aromatic hydroxyl groups is 1. The van der Waals surface area contributed by atoms with Gasteiger partial charge in [0.2, 0.25) is 0 Å². The minimum Gasteiger partial charge on any atom is -0.507 e. The molecule has 3 unspecified atom stereocenters. The molecule has 39 heavy (non-hydrogen) atoms. The second-order valence-corrected chi connectivity index (χ2v) is 12.5. The fourth-order valence-corrected chi connectivity index (χ4v) is 5.96. The van der Waals surface area contributed by atoms with Crippen molar-refractivity contribution >= 4 is 17.3 Å². The second kappa shape index (κ2) is 12.6. The summed E-state index contributed by atoms with van der Waals surface area (Å²) < 4.78 is 0. The molecule has 2 aromatic rings. The molecular weight excluding hydrogens is 492 g/mol. The maximum absolute atomic E-state index is 13.6. The number of Topliss-reactive ketones (excluding diaryl/α,β-unsaturated/α-hetero) is 3. The summed E-state index contributed by atoms with van der Waals surface area (Å²) >= 11 is 0. The average Bonchev–Trinajstić information content (AvgIpc) is 2.83. The van der Waals surface area contributed by atoms with Crippen molar-refractivity contribution in [2.75, 3.05) is 13.2 Å². The van der Waals surface area contributed by atoms with E-state index >= 15 is 0 Å². The van der Waals surface area contributed by atoms with Crippen LogP contribution >= 0.6 is 0 Å². The first kappa shape index (κ1) is 30.7. The SMILES string of the molecule is CC(=O)CC(=O)C(CO)C(CCO)CC1CC(=O)c2c(O)c(C(C)(C)C)cc(-c3ccc(C(C)C)cc3)c2C1. The number of phenolic OH excluding ortho intramolecular Hbond substituents is 1. The molecule has 3 atom stereocenters. The lowest BCUT2D eigenvalue weighted by molar-refractivity contribution is -0.131. The zero-order valence-corrected chi connectivity index (χ0v) is 24.2. The summed E-state index contributed by atoms with van der Waals surface area (Å²) in [5.74, 6) is -1.55. The van der Waals surface area contributed by atoms with Crippen molar-refractivity contribution in [2.45, 2.75) is 85.0 Å². The zero-order valence-electron chi connectivity index (χ0n) is 24.2. The zero-order chi connectivity index (χ0) is 29.1. The largest absolute Gasteiger partial charge is 0.507 e. The quantitative estimate of drug-likeness (QED) is 0.314. The number of fused-ring (bicyclic) bond motifs is 1. The molecule has 2 aromatic carbocycles. The number of carbonyl (C=O) groups excluding carboxylic acids is 3. The monoisotopic (exact) mass is 536 g/mol. The number of carbonyl (C=O) groups is 3. The summed E-state index contributed by atoms with van der Waals surface area (Å²) in [6.45, 7) is 11.1. The van der Waals surface area contributed by atoms with Gasteiger partial charge in [-0.05, 0) is 77.7 Å². The van der Waals surface area contributed by atoms with Gasteiger partial charge >= 0.3 is 0 Å². The Kier molecular flexibility index (Phi) is 9.89. The van der Waals surface area contributed by atoms with Crippen LogP contribution in [0, 0.1) is 17.8 Å². The summed E-state index contributed by atoms with van der Waals surface area (Å²) in [5.41, 5.74) is 4.65. The third-order valence-corrected chi connectivity index (χ3v) is 8.09. The highest BCUT2D eigenvalue weighted by Crippen LogP contribution is 2.45. The molecule has 1 aliphatic rings. The van der Waals surface area contributed by atoms with Crippen molar-refractivity contribution in [3.05, 3.63) is 52.6 Å². The molecule has 0 spiro atoms. The molecular formula is C33H44O6. The van der Waals surface area contributed by atoms with Crippen LogP contribution in [-0.2, 0) is 21.4 Å². The van der Waals surface area contributed by atoms with Crippen LogP contribution in [0.4, 0.5) is 0 Å². The number of hydrogen-bond donors (Lipinski definition) is 3. The lowest BCUT2D eigenvalue weighted by Gasteiger charge is -2.33. The van der Waals surface area contributed by atoms with Crippen LogP contribution < -0.4 is 0 Å². The van der Waals surface area contributed by atoms with E-state index in [1.165, 1.54) is 12.5 Å². The summed E-state index contributed by atoms with van der Waals surface area (Å²) in [6, 6.07) is 10.3. The molecule has 6 nitrogen and oxygen atoms in total. The normalized spacial score (nSPS) is 17.2. The fourth-order valence-electron chi connectivity index (χ4n) is 5.96. The van der Waals surface area contributed by atoms with Gasteiger partial charge in [-0.1, -0.05) is 58.9 Å². The van der Waals surface area contributed by atoms with Gasteiger partial charge in [0.25, 0.3) is 0 Å². The van der Waals surface area contributed by atoms with Gasteiger partial charge in [-0.2, -0.15) is 0 Å². The van der Waals surface area contributed by atoms with Crippen LogP contribution in [-0.4, -0.2) is 45.9 Å². The van der Waals surface area contributed by atoms with Crippen molar-refractivity contribution in [2.24, 2.45) is 17.8 Å². The third kappa shape index (κ3) is 7.03. The molecule has 0 amide bonds. The van der Waals surface area contributed by atoms with Gasteiger partial charge in [0.1, 0.15) is 17.3 Å². The molecule has 6 heteroatoms. The number of hydrogen-bond acceptors (Lipinski definition) is 6. The first-order valence-corrected chi connectivity index (χ1v) is 14.0. The molecule has 0 aromatic heterocycles. The highest BCUT2D eigenvalue weighted by molar-refractivity contribution is 6.04. The Labute approximate surface area is 232 Å². The summed E-state index contributed by atoms with van der Waals surface area (Å²) in [5, 5.41) is 31.1. The first-order valence-electron chi connectivity index (χ1n) is 14.0. The maximum atomic E-state index is 13.6. The molecule has 0 fully saturated rings. The van der Waals surface area contributed by atoms with E-state index in [1.54, 1.807) is 0 Å². The van der Waals surface area contributed by atoms with E-state index in [0.29, 0.717) is 30.7 Å². The Morgan fingerprint density at radius 3 is 2.21 bits per heavy atom. The Hall–Kier alpha value is -2.83. The van der Waals surface area contributed by atoms with Gasteiger partial charge in [0.15, 0.2) is 5.78 Å².